The predicted molar refractivity (Wildman–Crippen MR) is 71.3 cm³/mol. The van der Waals surface area contributed by atoms with Crippen LogP contribution in [0.5, 0.6) is 0 Å². The number of hydrogen-bond donors (Lipinski definition) is 0. The van der Waals surface area contributed by atoms with Gasteiger partial charge in [-0.05, 0) is 24.6 Å². The van der Waals surface area contributed by atoms with Crippen molar-refractivity contribution < 1.29 is 0 Å². The molecule has 0 N–H and O–H groups in total. The maximum Gasteiger partial charge on any atom is 0.352 e. The number of hydrogen-bond acceptors (Lipinski definition) is 2. The van der Waals surface area contributed by atoms with E-state index in [0.717, 1.165) is 23.7 Å². The molecule has 0 aliphatic heterocycles. The normalized spacial score (nSPS) is 11.4. The van der Waals surface area contributed by atoms with Crippen LogP contribution in [0.15, 0.2) is 35.3 Å². The molecule has 0 bridgehead atoms. The molecule has 0 atom stereocenters. The van der Waals surface area contributed by atoms with Gasteiger partial charge in [0.1, 0.15) is 0 Å². The van der Waals surface area contributed by atoms with Gasteiger partial charge in [0.15, 0.2) is 0 Å². The summed E-state index contributed by atoms with van der Waals surface area (Å²) in [6.45, 7) is 2.09. The van der Waals surface area contributed by atoms with Gasteiger partial charge >= 0.3 is 5.69 Å². The largest absolute Gasteiger partial charge is 0.352 e. The highest BCUT2D eigenvalue weighted by Gasteiger charge is 2.01. The highest BCUT2D eigenvalue weighted by Crippen LogP contribution is 2.17. The van der Waals surface area contributed by atoms with Gasteiger partial charge in [0.2, 0.25) is 0 Å². The summed E-state index contributed by atoms with van der Waals surface area (Å²) in [5, 5.41) is 1.50. The summed E-state index contributed by atoms with van der Waals surface area (Å²) in [5.74, 6) is 0. The minimum atomic E-state index is -0.271. The van der Waals surface area contributed by atoms with E-state index in [4.69, 9.17) is 11.6 Å². The Kier molecular flexibility index (Phi) is 3.59. The maximum atomic E-state index is 11.7. The zero-order chi connectivity index (χ0) is 12.3. The first-order chi connectivity index (χ1) is 8.22. The van der Waals surface area contributed by atoms with Crippen LogP contribution in [-0.4, -0.2) is 9.55 Å². The second kappa shape index (κ2) is 5.15. The SMILES string of the molecule is CCCC=Cn1c(=O)ncc2cc(Cl)ccc21. The zero-order valence-corrected chi connectivity index (χ0v) is 10.3. The molecule has 1 aromatic carbocycles. The molecule has 0 aliphatic rings. The molecule has 4 heteroatoms. The van der Waals surface area contributed by atoms with Gasteiger partial charge in [-0.2, -0.15) is 0 Å². The van der Waals surface area contributed by atoms with Crippen molar-refractivity contribution in [1.29, 1.82) is 0 Å². The minimum absolute atomic E-state index is 0.271. The quantitative estimate of drug-likeness (QED) is 0.835. The fourth-order valence-corrected chi connectivity index (χ4v) is 1.81. The van der Waals surface area contributed by atoms with Gasteiger partial charge in [0.05, 0.1) is 5.52 Å². The van der Waals surface area contributed by atoms with Crippen LogP contribution in [0.25, 0.3) is 17.1 Å². The summed E-state index contributed by atoms with van der Waals surface area (Å²) in [5.41, 5.74) is 0.550. The molecule has 2 aromatic rings. The van der Waals surface area contributed by atoms with Crippen molar-refractivity contribution in [3.05, 3.63) is 46.0 Å². The number of allylic oxidation sites excluding steroid dienone is 1. The summed E-state index contributed by atoms with van der Waals surface area (Å²) >= 11 is 5.90. The lowest BCUT2D eigenvalue weighted by Gasteiger charge is -2.04. The lowest BCUT2D eigenvalue weighted by molar-refractivity contribution is 0.946. The third-order valence-corrected chi connectivity index (χ3v) is 2.71. The lowest BCUT2D eigenvalue weighted by atomic mass is 10.2. The van der Waals surface area contributed by atoms with Crippen LogP contribution in [0.3, 0.4) is 0 Å². The third kappa shape index (κ3) is 2.56. The first-order valence-electron chi connectivity index (χ1n) is 5.56. The van der Waals surface area contributed by atoms with Crippen molar-refractivity contribution in [3.63, 3.8) is 0 Å². The topological polar surface area (TPSA) is 34.9 Å². The van der Waals surface area contributed by atoms with Gasteiger partial charge in [-0.3, -0.25) is 4.57 Å². The lowest BCUT2D eigenvalue weighted by Crippen LogP contribution is -2.18. The molecule has 88 valence electrons. The number of halogens is 1. The summed E-state index contributed by atoms with van der Waals surface area (Å²) in [7, 11) is 0. The maximum absolute atomic E-state index is 11.7. The van der Waals surface area contributed by atoms with Crippen molar-refractivity contribution in [2.75, 3.05) is 0 Å². The van der Waals surface area contributed by atoms with Gasteiger partial charge in [0, 0.05) is 22.8 Å². The number of aromatic nitrogens is 2. The molecule has 0 radical (unpaired) electrons. The highest BCUT2D eigenvalue weighted by atomic mass is 35.5. The monoisotopic (exact) mass is 248 g/mol. The molecular weight excluding hydrogens is 236 g/mol. The molecule has 0 fully saturated rings. The molecule has 1 aromatic heterocycles. The fourth-order valence-electron chi connectivity index (χ4n) is 1.63. The van der Waals surface area contributed by atoms with Crippen LogP contribution in [0, 0.1) is 0 Å². The van der Waals surface area contributed by atoms with Crippen LogP contribution in [0.4, 0.5) is 0 Å². The summed E-state index contributed by atoms with van der Waals surface area (Å²) in [6, 6.07) is 5.40. The number of nitrogens with zero attached hydrogens (tertiary/aromatic N) is 2. The van der Waals surface area contributed by atoms with Crippen LogP contribution in [-0.2, 0) is 0 Å². The Morgan fingerprint density at radius 3 is 3.06 bits per heavy atom. The van der Waals surface area contributed by atoms with Crippen molar-refractivity contribution in [2.24, 2.45) is 0 Å². The molecule has 0 aliphatic carbocycles. The second-order valence-corrected chi connectivity index (χ2v) is 4.22. The van der Waals surface area contributed by atoms with Crippen molar-refractivity contribution >= 4 is 28.7 Å². The Bertz CT molecular complexity index is 616. The Morgan fingerprint density at radius 2 is 2.29 bits per heavy atom. The van der Waals surface area contributed by atoms with E-state index >= 15 is 0 Å². The van der Waals surface area contributed by atoms with Crippen LogP contribution >= 0.6 is 11.6 Å². The van der Waals surface area contributed by atoms with Gasteiger partial charge in [-0.25, -0.2) is 9.78 Å². The van der Waals surface area contributed by atoms with E-state index in [9.17, 15) is 4.79 Å². The Morgan fingerprint density at radius 1 is 1.47 bits per heavy atom. The third-order valence-electron chi connectivity index (χ3n) is 2.48. The molecule has 3 nitrogen and oxygen atoms in total. The molecule has 0 spiro atoms. The number of fused-ring (bicyclic) bond motifs is 1. The number of rotatable bonds is 3. The van der Waals surface area contributed by atoms with Crippen LogP contribution in [0.1, 0.15) is 19.8 Å². The zero-order valence-electron chi connectivity index (χ0n) is 9.56. The van der Waals surface area contributed by atoms with E-state index in [-0.39, 0.29) is 5.69 Å². The Hall–Kier alpha value is -1.61. The van der Waals surface area contributed by atoms with Gasteiger partial charge in [0.25, 0.3) is 0 Å². The number of benzene rings is 1. The molecule has 0 saturated heterocycles. The van der Waals surface area contributed by atoms with E-state index in [0.29, 0.717) is 5.02 Å². The fraction of sp³-hybridized carbons (Fsp3) is 0.231. The molecule has 2 rings (SSSR count). The minimum Gasteiger partial charge on any atom is -0.268 e. The standard InChI is InChI=1S/C13H13ClN2O/c1-2-3-4-7-16-12-6-5-11(14)8-10(12)9-15-13(16)17/h4-9H,2-3H2,1H3. The van der Waals surface area contributed by atoms with Crippen molar-refractivity contribution in [1.82, 2.24) is 9.55 Å². The summed E-state index contributed by atoms with van der Waals surface area (Å²) in [4.78, 5) is 15.5. The molecule has 0 unspecified atom stereocenters. The molecule has 0 amide bonds. The predicted octanol–water partition coefficient (Wildman–Crippen LogP) is 3.32. The van der Waals surface area contributed by atoms with Gasteiger partial charge in [-0.15, -0.1) is 0 Å². The average Bonchev–Trinajstić information content (AvgIpc) is 2.32. The first kappa shape index (κ1) is 11.9. The summed E-state index contributed by atoms with van der Waals surface area (Å²) in [6.07, 6.45) is 7.28. The number of unbranched alkanes of at least 4 members (excludes halogenated alkanes) is 1. The van der Waals surface area contributed by atoms with Gasteiger partial charge < -0.3 is 0 Å². The Balaban J connectivity index is 2.60. The van der Waals surface area contributed by atoms with E-state index < -0.39 is 0 Å². The van der Waals surface area contributed by atoms with Crippen LogP contribution < -0.4 is 5.69 Å². The Labute approximate surface area is 104 Å². The second-order valence-electron chi connectivity index (χ2n) is 3.79. The molecular formula is C13H13ClN2O. The van der Waals surface area contributed by atoms with Crippen molar-refractivity contribution in [3.8, 4) is 0 Å². The van der Waals surface area contributed by atoms with E-state index in [1.807, 2.05) is 12.1 Å². The smallest absolute Gasteiger partial charge is 0.268 e. The molecule has 17 heavy (non-hydrogen) atoms. The first-order valence-corrected chi connectivity index (χ1v) is 5.93. The van der Waals surface area contributed by atoms with Gasteiger partial charge in [-0.1, -0.05) is 31.0 Å². The highest BCUT2D eigenvalue weighted by molar-refractivity contribution is 6.31. The van der Waals surface area contributed by atoms with Crippen LogP contribution in [0.2, 0.25) is 5.02 Å². The molecule has 1 heterocycles. The average molecular weight is 249 g/mol. The molecule has 0 saturated carbocycles. The summed E-state index contributed by atoms with van der Waals surface area (Å²) < 4.78 is 1.54. The van der Waals surface area contributed by atoms with E-state index in [2.05, 4.69) is 11.9 Å². The van der Waals surface area contributed by atoms with E-state index in [1.165, 1.54) is 0 Å². The van der Waals surface area contributed by atoms with Crippen molar-refractivity contribution in [2.45, 2.75) is 19.8 Å². The van der Waals surface area contributed by atoms with E-state index in [1.54, 1.807) is 29.1 Å².